The molecule has 0 N–H and O–H groups in total. The Hall–Kier alpha value is 0.0500. The summed E-state index contributed by atoms with van der Waals surface area (Å²) in [5.74, 6) is 2.36. The maximum absolute atomic E-state index is 2.30. The highest BCUT2D eigenvalue weighted by Crippen LogP contribution is 2.32. The van der Waals surface area contributed by atoms with E-state index >= 15 is 0 Å². The third-order valence-corrected chi connectivity index (χ3v) is 3.04. The third kappa shape index (κ3) is 4.49. The lowest BCUT2D eigenvalue weighted by atomic mass is 10.5. The first kappa shape index (κ1) is 9.14. The summed E-state index contributed by atoms with van der Waals surface area (Å²) >= 11 is 1.97. The van der Waals surface area contributed by atoms with Crippen molar-refractivity contribution in [2.45, 2.75) is 19.8 Å². The number of hydrogen-bond donors (Lipinski definition) is 0. The molecular formula is C9H17NS. The van der Waals surface area contributed by atoms with Crippen molar-refractivity contribution < 1.29 is 0 Å². The summed E-state index contributed by atoms with van der Waals surface area (Å²) in [5.41, 5.74) is 0. The predicted octanol–water partition coefficient (Wildman–Crippen LogP) is 2.55. The molecule has 0 aromatic rings. The van der Waals surface area contributed by atoms with Crippen molar-refractivity contribution in [3.8, 4) is 0 Å². The van der Waals surface area contributed by atoms with Crippen LogP contribution in [0.5, 0.6) is 0 Å². The molecule has 0 unspecified atom stereocenters. The van der Waals surface area contributed by atoms with Crippen molar-refractivity contribution in [1.29, 1.82) is 0 Å². The average Bonchev–Trinajstić information content (AvgIpc) is 2.80. The quantitative estimate of drug-likeness (QED) is 0.462. The number of likely N-dealkylation sites (N-methyl/N-ethyl adjacent to an activating group) is 1. The second kappa shape index (κ2) is 4.83. The molecule has 1 aliphatic rings. The maximum atomic E-state index is 2.30. The molecule has 2 heteroatoms. The van der Waals surface area contributed by atoms with Gasteiger partial charge in [0.05, 0.1) is 0 Å². The van der Waals surface area contributed by atoms with Gasteiger partial charge in [0, 0.05) is 12.3 Å². The van der Waals surface area contributed by atoms with Crippen LogP contribution in [0.2, 0.25) is 0 Å². The minimum Gasteiger partial charge on any atom is -0.250 e. The summed E-state index contributed by atoms with van der Waals surface area (Å²) < 4.78 is 2.30. The van der Waals surface area contributed by atoms with Crippen molar-refractivity contribution in [2.75, 3.05) is 19.3 Å². The molecule has 0 spiro atoms. The summed E-state index contributed by atoms with van der Waals surface area (Å²) in [4.78, 5) is 0. The molecule has 1 aliphatic carbocycles. The molecule has 0 bridgehead atoms. The molecule has 0 aromatic heterocycles. The lowest BCUT2D eigenvalue weighted by Crippen LogP contribution is -2.09. The van der Waals surface area contributed by atoms with E-state index < -0.39 is 0 Å². The number of rotatable bonds is 5. The van der Waals surface area contributed by atoms with Gasteiger partial charge in [-0.3, -0.25) is 0 Å². The highest BCUT2D eigenvalue weighted by Gasteiger charge is 2.21. The van der Waals surface area contributed by atoms with E-state index in [4.69, 9.17) is 0 Å². The van der Waals surface area contributed by atoms with Gasteiger partial charge < -0.3 is 0 Å². The molecule has 1 saturated carbocycles. The van der Waals surface area contributed by atoms with Gasteiger partial charge in [0.1, 0.15) is 0 Å². The van der Waals surface area contributed by atoms with E-state index in [9.17, 15) is 0 Å². The number of allylic oxidation sites excluding steroid dienone is 1. The Bertz CT molecular complexity index is 130. The lowest BCUT2D eigenvalue weighted by Gasteiger charge is -2.11. The molecule has 1 nitrogen and oxygen atoms in total. The minimum absolute atomic E-state index is 1.04. The number of nitrogens with zero attached hydrogens (tertiary/aromatic N) is 1. The Balaban J connectivity index is 1.95. The summed E-state index contributed by atoms with van der Waals surface area (Å²) in [6.45, 7) is 3.15. The first-order chi connectivity index (χ1) is 5.33. The fraction of sp³-hybridized carbons (Fsp3) is 0.778. The summed E-state index contributed by atoms with van der Waals surface area (Å²) in [6, 6.07) is 0. The molecule has 0 heterocycles. The van der Waals surface area contributed by atoms with Crippen LogP contribution in [0.1, 0.15) is 19.8 Å². The van der Waals surface area contributed by atoms with E-state index in [2.05, 4.69) is 30.4 Å². The highest BCUT2D eigenvalue weighted by molar-refractivity contribution is 7.97. The Kier molecular flexibility index (Phi) is 4.02. The second-order valence-electron chi connectivity index (χ2n) is 3.12. The van der Waals surface area contributed by atoms with Gasteiger partial charge in [-0.05, 0) is 32.7 Å². The van der Waals surface area contributed by atoms with Crippen molar-refractivity contribution >= 4 is 11.9 Å². The van der Waals surface area contributed by atoms with E-state index in [1.54, 1.807) is 0 Å². The average molecular weight is 171 g/mol. The second-order valence-corrected chi connectivity index (χ2v) is 4.33. The van der Waals surface area contributed by atoms with Crippen LogP contribution in [-0.2, 0) is 0 Å². The topological polar surface area (TPSA) is 3.24 Å². The van der Waals surface area contributed by atoms with Crippen LogP contribution >= 0.6 is 11.9 Å². The normalized spacial score (nSPS) is 18.5. The Labute approximate surface area is 74.0 Å². The molecule has 0 radical (unpaired) electrons. The third-order valence-electron chi connectivity index (χ3n) is 1.83. The van der Waals surface area contributed by atoms with E-state index in [0.717, 1.165) is 12.5 Å². The minimum atomic E-state index is 1.04. The predicted molar refractivity (Wildman–Crippen MR) is 52.6 cm³/mol. The maximum Gasteiger partial charge on any atom is 0.0267 e. The molecule has 64 valence electrons. The summed E-state index contributed by atoms with van der Waals surface area (Å²) in [6.07, 6.45) is 7.23. The zero-order chi connectivity index (χ0) is 8.10. The standard InChI is InChI=1S/C9H17NS/c1-3-4-7-10(2)11-8-9-5-6-9/h3-4,9H,5-8H2,1-2H3/b4-3+. The van der Waals surface area contributed by atoms with Gasteiger partial charge in [0.15, 0.2) is 0 Å². The van der Waals surface area contributed by atoms with Gasteiger partial charge in [-0.15, -0.1) is 0 Å². The molecule has 1 rings (SSSR count). The first-order valence-corrected chi connectivity index (χ1v) is 5.22. The van der Waals surface area contributed by atoms with Crippen LogP contribution in [0, 0.1) is 5.92 Å². The molecule has 11 heavy (non-hydrogen) atoms. The Morgan fingerprint density at radius 1 is 1.55 bits per heavy atom. The van der Waals surface area contributed by atoms with Crippen molar-refractivity contribution in [2.24, 2.45) is 5.92 Å². The molecule has 0 aliphatic heterocycles. The molecule has 0 saturated heterocycles. The molecule has 1 fully saturated rings. The first-order valence-electron chi connectivity index (χ1n) is 4.28. The smallest absolute Gasteiger partial charge is 0.0267 e. The lowest BCUT2D eigenvalue weighted by molar-refractivity contribution is 0.633. The van der Waals surface area contributed by atoms with Crippen LogP contribution in [0.25, 0.3) is 0 Å². The van der Waals surface area contributed by atoms with Crippen LogP contribution < -0.4 is 0 Å². The SMILES string of the molecule is C/C=C/CN(C)SCC1CC1. The monoisotopic (exact) mass is 171 g/mol. The highest BCUT2D eigenvalue weighted by atomic mass is 32.2. The number of hydrogen-bond acceptors (Lipinski definition) is 2. The van der Waals surface area contributed by atoms with Crippen LogP contribution in [0.4, 0.5) is 0 Å². The van der Waals surface area contributed by atoms with Crippen LogP contribution in [0.15, 0.2) is 12.2 Å². The molecule has 0 aromatic carbocycles. The van der Waals surface area contributed by atoms with Gasteiger partial charge >= 0.3 is 0 Å². The zero-order valence-electron chi connectivity index (χ0n) is 7.42. The van der Waals surface area contributed by atoms with Crippen LogP contribution in [0.3, 0.4) is 0 Å². The van der Waals surface area contributed by atoms with E-state index in [-0.39, 0.29) is 0 Å². The van der Waals surface area contributed by atoms with Crippen molar-refractivity contribution in [3.05, 3.63) is 12.2 Å². The summed E-state index contributed by atoms with van der Waals surface area (Å²) in [5, 5.41) is 0. The van der Waals surface area contributed by atoms with Gasteiger partial charge in [-0.25, -0.2) is 4.31 Å². The Morgan fingerprint density at radius 2 is 2.27 bits per heavy atom. The van der Waals surface area contributed by atoms with E-state index in [1.165, 1.54) is 18.6 Å². The molecule has 0 amide bonds. The molecule has 0 atom stereocenters. The van der Waals surface area contributed by atoms with Gasteiger partial charge in [0.25, 0.3) is 0 Å². The van der Waals surface area contributed by atoms with Gasteiger partial charge in [-0.1, -0.05) is 24.1 Å². The fourth-order valence-electron chi connectivity index (χ4n) is 0.824. The van der Waals surface area contributed by atoms with Crippen molar-refractivity contribution in [1.82, 2.24) is 4.31 Å². The van der Waals surface area contributed by atoms with Crippen molar-refractivity contribution in [3.63, 3.8) is 0 Å². The van der Waals surface area contributed by atoms with Crippen LogP contribution in [-0.4, -0.2) is 23.7 Å². The largest absolute Gasteiger partial charge is 0.250 e. The molecular weight excluding hydrogens is 154 g/mol. The Morgan fingerprint density at radius 3 is 2.82 bits per heavy atom. The summed E-state index contributed by atoms with van der Waals surface area (Å²) in [7, 11) is 2.16. The van der Waals surface area contributed by atoms with E-state index in [0.29, 0.717) is 0 Å². The van der Waals surface area contributed by atoms with E-state index in [1.807, 2.05) is 11.9 Å². The zero-order valence-corrected chi connectivity index (χ0v) is 8.23. The fourth-order valence-corrected chi connectivity index (χ4v) is 1.81. The van der Waals surface area contributed by atoms with Gasteiger partial charge in [-0.2, -0.15) is 0 Å². The van der Waals surface area contributed by atoms with Gasteiger partial charge in [0.2, 0.25) is 0 Å².